The van der Waals surface area contributed by atoms with Crippen LogP contribution in [-0.4, -0.2) is 51.5 Å². The van der Waals surface area contributed by atoms with Gasteiger partial charge in [-0.3, -0.25) is 19.7 Å². The third-order valence-corrected chi connectivity index (χ3v) is 6.22. The molecule has 37 heavy (non-hydrogen) atoms. The van der Waals surface area contributed by atoms with E-state index in [9.17, 15) is 19.7 Å². The van der Waals surface area contributed by atoms with Gasteiger partial charge in [0.15, 0.2) is 22.5 Å². The summed E-state index contributed by atoms with van der Waals surface area (Å²) in [4.78, 5) is 35.2. The van der Waals surface area contributed by atoms with Crippen LogP contribution in [0.1, 0.15) is 17.0 Å². The number of carbonyl (C=O) groups is 2. The monoisotopic (exact) mass is 526 g/mol. The Labute approximate surface area is 217 Å². The maximum Gasteiger partial charge on any atom is 0.274 e. The largest absolute Gasteiger partial charge is 0.493 e. The molecular formula is C24H26N6O6S. The Morgan fingerprint density at radius 1 is 1.14 bits per heavy atom. The Morgan fingerprint density at radius 2 is 1.89 bits per heavy atom. The molecule has 1 aromatic heterocycles. The minimum absolute atomic E-state index is 0.0219. The maximum absolute atomic E-state index is 12.3. The van der Waals surface area contributed by atoms with Crippen molar-refractivity contribution in [2.24, 2.45) is 7.05 Å². The van der Waals surface area contributed by atoms with E-state index in [1.807, 2.05) is 0 Å². The number of nitro groups is 1. The normalized spacial score (nSPS) is 10.8. The van der Waals surface area contributed by atoms with Crippen molar-refractivity contribution in [3.63, 3.8) is 0 Å². The number of aromatic nitrogens is 3. The van der Waals surface area contributed by atoms with Crippen LogP contribution in [0.25, 0.3) is 6.08 Å². The van der Waals surface area contributed by atoms with E-state index in [-0.39, 0.29) is 29.8 Å². The lowest BCUT2D eigenvalue weighted by Crippen LogP contribution is -2.22. The highest BCUT2D eigenvalue weighted by atomic mass is 32.2. The van der Waals surface area contributed by atoms with Crippen molar-refractivity contribution in [2.75, 3.05) is 25.3 Å². The first-order valence-corrected chi connectivity index (χ1v) is 11.9. The highest BCUT2D eigenvalue weighted by Gasteiger charge is 2.15. The zero-order chi connectivity index (χ0) is 26.9. The van der Waals surface area contributed by atoms with Crippen molar-refractivity contribution in [3.8, 4) is 11.5 Å². The second kappa shape index (κ2) is 12.5. The Hall–Kier alpha value is -4.39. The van der Waals surface area contributed by atoms with Gasteiger partial charge in [-0.15, -0.1) is 10.2 Å². The molecule has 0 unspecified atom stereocenters. The molecule has 1 heterocycles. The van der Waals surface area contributed by atoms with Gasteiger partial charge in [0, 0.05) is 30.4 Å². The first-order valence-electron chi connectivity index (χ1n) is 11.0. The molecule has 194 valence electrons. The van der Waals surface area contributed by atoms with Crippen molar-refractivity contribution in [1.29, 1.82) is 0 Å². The molecule has 2 aromatic carbocycles. The molecule has 12 nitrogen and oxygen atoms in total. The van der Waals surface area contributed by atoms with Gasteiger partial charge in [-0.2, -0.15) is 0 Å². The number of thioether (sulfide) groups is 1. The standard InChI is InChI=1S/C24H26N6O6S/c1-15-5-8-17(12-18(15)30(33)34)26-23(32)14-37-24-28-27-21(29(24)2)13-25-22(31)10-7-16-6-9-19(35-3)20(11-16)36-4/h5-12H,13-14H2,1-4H3,(H,25,31)(H,26,32)/b10-7+. The number of ether oxygens (including phenoxy) is 2. The van der Waals surface area contributed by atoms with E-state index >= 15 is 0 Å². The molecule has 0 saturated heterocycles. The summed E-state index contributed by atoms with van der Waals surface area (Å²) in [7, 11) is 4.81. The minimum Gasteiger partial charge on any atom is -0.493 e. The van der Waals surface area contributed by atoms with Crippen LogP contribution in [0.5, 0.6) is 11.5 Å². The number of hydrogen-bond acceptors (Lipinski definition) is 9. The lowest BCUT2D eigenvalue weighted by atomic mass is 10.2. The summed E-state index contributed by atoms with van der Waals surface area (Å²) in [5, 5.41) is 25.1. The molecule has 0 aliphatic heterocycles. The van der Waals surface area contributed by atoms with Gasteiger partial charge in [0.1, 0.15) is 0 Å². The van der Waals surface area contributed by atoms with Gasteiger partial charge in [0.2, 0.25) is 11.8 Å². The molecule has 13 heteroatoms. The number of rotatable bonds is 11. The Bertz CT molecular complexity index is 1340. The molecule has 0 bridgehead atoms. The number of carbonyl (C=O) groups excluding carboxylic acids is 2. The number of hydrogen-bond donors (Lipinski definition) is 2. The van der Waals surface area contributed by atoms with Crippen LogP contribution < -0.4 is 20.1 Å². The van der Waals surface area contributed by atoms with Crippen LogP contribution in [0.15, 0.2) is 47.6 Å². The summed E-state index contributed by atoms with van der Waals surface area (Å²) in [5.74, 6) is 1.01. The fourth-order valence-corrected chi connectivity index (χ4v) is 3.92. The molecule has 0 spiro atoms. The summed E-state index contributed by atoms with van der Waals surface area (Å²) in [6, 6.07) is 9.81. The first-order chi connectivity index (χ1) is 17.7. The number of nitro benzene ring substituents is 1. The molecule has 2 N–H and O–H groups in total. The predicted molar refractivity (Wildman–Crippen MR) is 139 cm³/mol. The topological polar surface area (TPSA) is 151 Å². The third kappa shape index (κ3) is 7.30. The fourth-order valence-electron chi connectivity index (χ4n) is 3.19. The highest BCUT2D eigenvalue weighted by molar-refractivity contribution is 7.99. The molecule has 0 fully saturated rings. The predicted octanol–water partition coefficient (Wildman–Crippen LogP) is 3.11. The first kappa shape index (κ1) is 27.2. The second-order valence-corrected chi connectivity index (χ2v) is 8.66. The van der Waals surface area contributed by atoms with Gasteiger partial charge in [-0.05, 0) is 36.8 Å². The third-order valence-electron chi connectivity index (χ3n) is 5.20. The zero-order valence-corrected chi connectivity index (χ0v) is 21.5. The van der Waals surface area contributed by atoms with E-state index in [1.165, 1.54) is 19.3 Å². The number of benzene rings is 2. The quantitative estimate of drug-likeness (QED) is 0.166. The molecule has 3 rings (SSSR count). The summed E-state index contributed by atoms with van der Waals surface area (Å²) in [6.45, 7) is 1.76. The summed E-state index contributed by atoms with van der Waals surface area (Å²) in [5.41, 5.74) is 1.55. The van der Waals surface area contributed by atoms with E-state index in [2.05, 4.69) is 20.8 Å². The van der Waals surface area contributed by atoms with Crippen molar-refractivity contribution in [2.45, 2.75) is 18.6 Å². The van der Waals surface area contributed by atoms with Crippen molar-refractivity contribution in [1.82, 2.24) is 20.1 Å². The van der Waals surface area contributed by atoms with Crippen LogP contribution in [0.2, 0.25) is 0 Å². The van der Waals surface area contributed by atoms with Crippen LogP contribution in [0.3, 0.4) is 0 Å². The molecule has 2 amide bonds. The molecule has 0 aliphatic rings. The molecule has 0 aliphatic carbocycles. The average Bonchev–Trinajstić information content (AvgIpc) is 3.24. The highest BCUT2D eigenvalue weighted by Crippen LogP contribution is 2.28. The van der Waals surface area contributed by atoms with E-state index in [4.69, 9.17) is 9.47 Å². The zero-order valence-electron chi connectivity index (χ0n) is 20.7. The maximum atomic E-state index is 12.3. The van der Waals surface area contributed by atoms with E-state index in [1.54, 1.807) is 62.1 Å². The van der Waals surface area contributed by atoms with E-state index in [0.717, 1.165) is 17.3 Å². The molecule has 0 saturated carbocycles. The van der Waals surface area contributed by atoms with Gasteiger partial charge in [-0.1, -0.05) is 23.9 Å². The molecule has 0 radical (unpaired) electrons. The van der Waals surface area contributed by atoms with Crippen molar-refractivity contribution >= 4 is 41.0 Å². The van der Waals surface area contributed by atoms with E-state index < -0.39 is 4.92 Å². The van der Waals surface area contributed by atoms with Crippen molar-refractivity contribution in [3.05, 3.63) is 69.5 Å². The molecular weight excluding hydrogens is 500 g/mol. The lowest BCUT2D eigenvalue weighted by molar-refractivity contribution is -0.385. The summed E-state index contributed by atoms with van der Waals surface area (Å²) >= 11 is 1.15. The minimum atomic E-state index is -0.494. The lowest BCUT2D eigenvalue weighted by Gasteiger charge is -2.07. The van der Waals surface area contributed by atoms with Gasteiger partial charge in [0.05, 0.1) is 31.4 Å². The second-order valence-electron chi connectivity index (χ2n) is 7.72. The van der Waals surface area contributed by atoms with Crippen LogP contribution in [0, 0.1) is 17.0 Å². The molecule has 0 atom stereocenters. The van der Waals surface area contributed by atoms with E-state index in [0.29, 0.717) is 33.7 Å². The van der Waals surface area contributed by atoms with Gasteiger partial charge >= 0.3 is 0 Å². The Balaban J connectivity index is 1.51. The number of amides is 2. The Kier molecular flexibility index (Phi) is 9.21. The summed E-state index contributed by atoms with van der Waals surface area (Å²) < 4.78 is 12.1. The van der Waals surface area contributed by atoms with Crippen LogP contribution in [0.4, 0.5) is 11.4 Å². The summed E-state index contributed by atoms with van der Waals surface area (Å²) in [6.07, 6.45) is 3.05. The fraction of sp³-hybridized carbons (Fsp3) is 0.250. The Morgan fingerprint density at radius 3 is 2.59 bits per heavy atom. The number of anilines is 1. The average molecular weight is 527 g/mol. The van der Waals surface area contributed by atoms with Gasteiger partial charge in [0.25, 0.3) is 5.69 Å². The van der Waals surface area contributed by atoms with Crippen molar-refractivity contribution < 1.29 is 24.0 Å². The number of aryl methyl sites for hydroxylation is 1. The SMILES string of the molecule is COc1ccc(/C=C/C(=O)NCc2nnc(SCC(=O)Nc3ccc(C)c([N+](=O)[O-])c3)n2C)cc1OC. The van der Waals surface area contributed by atoms with Gasteiger partial charge < -0.3 is 24.7 Å². The number of nitrogens with zero attached hydrogens (tertiary/aromatic N) is 4. The number of nitrogens with one attached hydrogen (secondary N) is 2. The number of methoxy groups -OCH3 is 2. The molecule has 3 aromatic rings. The van der Waals surface area contributed by atoms with Crippen LogP contribution in [-0.2, 0) is 23.2 Å². The van der Waals surface area contributed by atoms with Crippen LogP contribution >= 0.6 is 11.8 Å². The van der Waals surface area contributed by atoms with Gasteiger partial charge in [-0.25, -0.2) is 0 Å². The smallest absolute Gasteiger partial charge is 0.274 e.